The Kier molecular flexibility index (Phi) is 4.65. The smallest absolute Gasteiger partial charge is 0.259 e. The van der Waals surface area contributed by atoms with Crippen molar-refractivity contribution < 1.29 is 9.18 Å². The molecule has 0 aliphatic carbocycles. The van der Waals surface area contributed by atoms with E-state index in [0.29, 0.717) is 23.2 Å². The molecule has 3 rings (SSSR count). The molecule has 0 aliphatic heterocycles. The summed E-state index contributed by atoms with van der Waals surface area (Å²) in [6.45, 7) is 5.68. The third-order valence-corrected chi connectivity index (χ3v) is 4.16. The Labute approximate surface area is 146 Å². The van der Waals surface area contributed by atoms with Gasteiger partial charge in [-0.2, -0.15) is 5.10 Å². The van der Waals surface area contributed by atoms with Crippen molar-refractivity contribution in [2.75, 3.05) is 5.32 Å². The van der Waals surface area contributed by atoms with Gasteiger partial charge in [0, 0.05) is 5.69 Å². The van der Waals surface area contributed by atoms with E-state index in [1.807, 2.05) is 38.1 Å². The van der Waals surface area contributed by atoms with Crippen LogP contribution < -0.4 is 5.32 Å². The molecule has 0 fully saturated rings. The zero-order chi connectivity index (χ0) is 18.0. The number of amides is 1. The Morgan fingerprint density at radius 1 is 1.16 bits per heavy atom. The maximum Gasteiger partial charge on any atom is 0.259 e. The van der Waals surface area contributed by atoms with Crippen molar-refractivity contribution in [3.8, 4) is 5.69 Å². The number of hydrogen-bond acceptors (Lipinski definition) is 2. The van der Waals surface area contributed by atoms with Gasteiger partial charge in [0.1, 0.15) is 5.82 Å². The molecule has 25 heavy (non-hydrogen) atoms. The number of nitrogens with one attached hydrogen (secondary N) is 1. The summed E-state index contributed by atoms with van der Waals surface area (Å²) in [5.41, 5.74) is 4.34. The van der Waals surface area contributed by atoms with Crippen LogP contribution in [0.4, 0.5) is 10.1 Å². The van der Waals surface area contributed by atoms with E-state index in [-0.39, 0.29) is 11.7 Å². The summed E-state index contributed by atoms with van der Waals surface area (Å²) >= 11 is 0. The second-order valence-corrected chi connectivity index (χ2v) is 6.02. The van der Waals surface area contributed by atoms with Crippen LogP contribution in [0.5, 0.6) is 0 Å². The first kappa shape index (κ1) is 16.9. The van der Waals surface area contributed by atoms with E-state index in [9.17, 15) is 9.18 Å². The van der Waals surface area contributed by atoms with Gasteiger partial charge in [-0.1, -0.05) is 30.7 Å². The monoisotopic (exact) mass is 337 g/mol. The Morgan fingerprint density at radius 3 is 2.52 bits per heavy atom. The van der Waals surface area contributed by atoms with Crippen molar-refractivity contribution in [3.05, 3.63) is 76.9 Å². The number of aromatic nitrogens is 2. The van der Waals surface area contributed by atoms with Crippen LogP contribution in [0.15, 0.2) is 48.7 Å². The zero-order valence-corrected chi connectivity index (χ0v) is 14.5. The molecule has 0 aliphatic rings. The van der Waals surface area contributed by atoms with Gasteiger partial charge in [0.05, 0.1) is 23.1 Å². The van der Waals surface area contributed by atoms with Gasteiger partial charge in [0.25, 0.3) is 5.91 Å². The Hall–Kier alpha value is -2.95. The van der Waals surface area contributed by atoms with E-state index >= 15 is 0 Å². The first-order chi connectivity index (χ1) is 12.0. The third-order valence-electron chi connectivity index (χ3n) is 4.16. The highest BCUT2D eigenvalue weighted by Gasteiger charge is 2.17. The molecule has 5 heteroatoms. The second kappa shape index (κ2) is 6.89. The maximum absolute atomic E-state index is 13.7. The minimum Gasteiger partial charge on any atom is -0.322 e. The first-order valence-corrected chi connectivity index (χ1v) is 8.21. The lowest BCUT2D eigenvalue weighted by atomic mass is 10.1. The van der Waals surface area contributed by atoms with Crippen LogP contribution in [0.2, 0.25) is 0 Å². The first-order valence-electron chi connectivity index (χ1n) is 8.21. The fraction of sp³-hybridized carbons (Fsp3) is 0.200. The van der Waals surface area contributed by atoms with Gasteiger partial charge in [-0.05, 0) is 50.1 Å². The van der Waals surface area contributed by atoms with Crippen molar-refractivity contribution >= 4 is 11.6 Å². The standard InChI is InChI=1S/C20H20FN3O/c1-4-19-17(12-22-24(19)16-9-5-13(2)6-10-16)20(25)23-15-8-7-14(3)18(21)11-15/h5-12H,4H2,1-3H3,(H,23,25). The Morgan fingerprint density at radius 2 is 1.88 bits per heavy atom. The Bertz CT molecular complexity index is 913. The molecular weight excluding hydrogens is 317 g/mol. The zero-order valence-electron chi connectivity index (χ0n) is 14.5. The molecule has 0 saturated carbocycles. The highest BCUT2D eigenvalue weighted by atomic mass is 19.1. The van der Waals surface area contributed by atoms with Crippen molar-refractivity contribution in [1.82, 2.24) is 9.78 Å². The van der Waals surface area contributed by atoms with E-state index in [0.717, 1.165) is 16.9 Å². The summed E-state index contributed by atoms with van der Waals surface area (Å²) in [6.07, 6.45) is 2.21. The van der Waals surface area contributed by atoms with Gasteiger partial charge in [0.2, 0.25) is 0 Å². The van der Waals surface area contributed by atoms with Crippen LogP contribution in [-0.2, 0) is 6.42 Å². The molecule has 128 valence electrons. The van der Waals surface area contributed by atoms with Gasteiger partial charge >= 0.3 is 0 Å². The average molecular weight is 337 g/mol. The molecule has 0 unspecified atom stereocenters. The minimum atomic E-state index is -0.344. The second-order valence-electron chi connectivity index (χ2n) is 6.02. The van der Waals surface area contributed by atoms with Gasteiger partial charge < -0.3 is 5.32 Å². The molecule has 3 aromatic rings. The number of rotatable bonds is 4. The van der Waals surface area contributed by atoms with Crippen molar-refractivity contribution in [2.45, 2.75) is 27.2 Å². The summed E-state index contributed by atoms with van der Waals surface area (Å²) in [5, 5.41) is 7.11. The van der Waals surface area contributed by atoms with Crippen LogP contribution in [0.1, 0.15) is 34.1 Å². The molecule has 1 N–H and O–H groups in total. The largest absolute Gasteiger partial charge is 0.322 e. The average Bonchev–Trinajstić information content (AvgIpc) is 3.03. The predicted octanol–water partition coefficient (Wildman–Crippen LogP) is 4.44. The SMILES string of the molecule is CCc1c(C(=O)Nc2ccc(C)c(F)c2)cnn1-c1ccc(C)cc1. The van der Waals surface area contributed by atoms with E-state index in [4.69, 9.17) is 0 Å². The lowest BCUT2D eigenvalue weighted by molar-refractivity contribution is 0.102. The minimum absolute atomic E-state index is 0.293. The third kappa shape index (κ3) is 3.45. The summed E-state index contributed by atoms with van der Waals surface area (Å²) in [7, 11) is 0. The molecule has 1 aromatic heterocycles. The van der Waals surface area contributed by atoms with Crippen LogP contribution in [-0.4, -0.2) is 15.7 Å². The van der Waals surface area contributed by atoms with Crippen LogP contribution in [0.25, 0.3) is 5.69 Å². The van der Waals surface area contributed by atoms with E-state index < -0.39 is 0 Å². The van der Waals surface area contributed by atoms with Crippen molar-refractivity contribution in [1.29, 1.82) is 0 Å². The van der Waals surface area contributed by atoms with Crippen molar-refractivity contribution in [2.24, 2.45) is 0 Å². The fourth-order valence-electron chi connectivity index (χ4n) is 2.68. The van der Waals surface area contributed by atoms with E-state index in [1.54, 1.807) is 29.9 Å². The maximum atomic E-state index is 13.7. The summed E-state index contributed by atoms with van der Waals surface area (Å²) < 4.78 is 15.4. The number of anilines is 1. The number of carbonyl (C=O) groups excluding carboxylic acids is 1. The number of halogens is 1. The highest BCUT2D eigenvalue weighted by Crippen LogP contribution is 2.19. The van der Waals surface area contributed by atoms with Gasteiger partial charge in [-0.15, -0.1) is 0 Å². The molecule has 4 nitrogen and oxygen atoms in total. The van der Waals surface area contributed by atoms with E-state index in [2.05, 4.69) is 10.4 Å². The van der Waals surface area contributed by atoms with Gasteiger partial charge in [-0.3, -0.25) is 4.79 Å². The van der Waals surface area contributed by atoms with Crippen LogP contribution in [0.3, 0.4) is 0 Å². The number of carbonyl (C=O) groups is 1. The highest BCUT2D eigenvalue weighted by molar-refractivity contribution is 6.05. The number of aryl methyl sites for hydroxylation is 2. The molecular formula is C20H20FN3O. The molecule has 0 atom stereocenters. The molecule has 0 saturated heterocycles. The molecule has 1 heterocycles. The lowest BCUT2D eigenvalue weighted by Crippen LogP contribution is -2.14. The summed E-state index contributed by atoms with van der Waals surface area (Å²) in [5.74, 6) is -0.637. The number of benzene rings is 2. The van der Waals surface area contributed by atoms with Gasteiger partial charge in [-0.25, -0.2) is 9.07 Å². The van der Waals surface area contributed by atoms with E-state index in [1.165, 1.54) is 6.07 Å². The molecule has 1 amide bonds. The Balaban J connectivity index is 1.90. The molecule has 0 radical (unpaired) electrons. The normalized spacial score (nSPS) is 10.7. The van der Waals surface area contributed by atoms with Gasteiger partial charge in [0.15, 0.2) is 0 Å². The van der Waals surface area contributed by atoms with Crippen LogP contribution in [0, 0.1) is 19.7 Å². The topological polar surface area (TPSA) is 46.9 Å². The molecule has 0 bridgehead atoms. The summed E-state index contributed by atoms with van der Waals surface area (Å²) in [6, 6.07) is 12.6. The molecule has 0 spiro atoms. The van der Waals surface area contributed by atoms with Crippen LogP contribution >= 0.6 is 0 Å². The summed E-state index contributed by atoms with van der Waals surface area (Å²) in [4.78, 5) is 12.6. The number of nitrogens with zero attached hydrogens (tertiary/aromatic N) is 2. The number of hydrogen-bond donors (Lipinski definition) is 1. The quantitative estimate of drug-likeness (QED) is 0.765. The fourth-order valence-corrected chi connectivity index (χ4v) is 2.68. The van der Waals surface area contributed by atoms with Crippen molar-refractivity contribution in [3.63, 3.8) is 0 Å². The predicted molar refractivity (Wildman–Crippen MR) is 96.8 cm³/mol. The molecule has 2 aromatic carbocycles. The lowest BCUT2D eigenvalue weighted by Gasteiger charge is -2.09.